The van der Waals surface area contributed by atoms with Crippen molar-refractivity contribution in [2.75, 3.05) is 20.1 Å². The Morgan fingerprint density at radius 3 is 3.00 bits per heavy atom. The van der Waals surface area contributed by atoms with E-state index in [0.717, 1.165) is 24.7 Å². The van der Waals surface area contributed by atoms with Crippen LogP contribution in [-0.4, -0.2) is 36.2 Å². The van der Waals surface area contributed by atoms with E-state index in [1.807, 2.05) is 13.1 Å². The molecule has 1 N–H and O–H groups in total. The van der Waals surface area contributed by atoms with Crippen LogP contribution in [0.4, 0.5) is 0 Å². The van der Waals surface area contributed by atoms with Gasteiger partial charge in [-0.15, -0.1) is 24.0 Å². The van der Waals surface area contributed by atoms with Gasteiger partial charge < -0.3 is 14.7 Å². The summed E-state index contributed by atoms with van der Waals surface area (Å²) in [6, 6.07) is 1.87. The van der Waals surface area contributed by atoms with Crippen molar-refractivity contribution in [3.63, 3.8) is 0 Å². The van der Waals surface area contributed by atoms with Crippen LogP contribution in [0.3, 0.4) is 0 Å². The summed E-state index contributed by atoms with van der Waals surface area (Å²) in [4.78, 5) is 6.78. The predicted molar refractivity (Wildman–Crippen MR) is 95.9 cm³/mol. The second-order valence-corrected chi connectivity index (χ2v) is 5.98. The molecule has 0 bridgehead atoms. The van der Waals surface area contributed by atoms with E-state index in [4.69, 9.17) is 4.52 Å². The second-order valence-electron chi connectivity index (χ2n) is 5.98. The Labute approximate surface area is 144 Å². The van der Waals surface area contributed by atoms with Crippen molar-refractivity contribution in [2.24, 2.45) is 10.4 Å². The van der Waals surface area contributed by atoms with Crippen LogP contribution in [-0.2, 0) is 6.54 Å². The predicted octanol–water partition coefficient (Wildman–Crippen LogP) is 3.27. The van der Waals surface area contributed by atoms with E-state index in [1.165, 1.54) is 25.7 Å². The number of aliphatic imine (C=N–C) groups is 1. The molecule has 1 aromatic heterocycles. The maximum absolute atomic E-state index is 4.85. The Hall–Kier alpha value is -0.790. The number of nitrogens with one attached hydrogen (secondary N) is 1. The molecule has 1 aliphatic heterocycles. The highest BCUT2D eigenvalue weighted by atomic mass is 127. The average molecular weight is 406 g/mol. The number of nitrogens with zero attached hydrogens (tertiary/aromatic N) is 3. The first kappa shape index (κ1) is 18.3. The molecule has 1 fully saturated rings. The highest BCUT2D eigenvalue weighted by molar-refractivity contribution is 14.0. The summed E-state index contributed by atoms with van der Waals surface area (Å²) in [5.74, 6) is 0.968. The Kier molecular flexibility index (Phi) is 7.48. The lowest BCUT2D eigenvalue weighted by atomic mass is 9.78. The number of aromatic nitrogens is 1. The van der Waals surface area contributed by atoms with E-state index in [9.17, 15) is 0 Å². The summed E-state index contributed by atoms with van der Waals surface area (Å²) in [6.07, 6.45) is 6.68. The third kappa shape index (κ3) is 5.16. The number of hydrogen-bond acceptors (Lipinski definition) is 3. The zero-order valence-corrected chi connectivity index (χ0v) is 15.6. The van der Waals surface area contributed by atoms with Crippen LogP contribution in [0, 0.1) is 5.41 Å². The molecule has 1 aromatic rings. The van der Waals surface area contributed by atoms with Crippen LogP contribution in [0.2, 0.25) is 0 Å². The van der Waals surface area contributed by atoms with E-state index < -0.39 is 0 Å². The van der Waals surface area contributed by atoms with Gasteiger partial charge in [0.1, 0.15) is 12.0 Å². The molecule has 0 amide bonds. The van der Waals surface area contributed by atoms with Crippen LogP contribution >= 0.6 is 24.0 Å². The van der Waals surface area contributed by atoms with Crippen LogP contribution < -0.4 is 5.32 Å². The van der Waals surface area contributed by atoms with Gasteiger partial charge in [0, 0.05) is 26.2 Å². The van der Waals surface area contributed by atoms with Gasteiger partial charge in [-0.2, -0.15) is 0 Å². The maximum atomic E-state index is 4.85. The first-order valence-corrected chi connectivity index (χ1v) is 7.52. The Morgan fingerprint density at radius 1 is 1.57 bits per heavy atom. The molecule has 0 radical (unpaired) electrons. The molecule has 21 heavy (non-hydrogen) atoms. The smallest absolute Gasteiger partial charge is 0.193 e. The summed E-state index contributed by atoms with van der Waals surface area (Å²) in [5.41, 5.74) is 1.32. The largest absolute Gasteiger partial charge is 0.364 e. The molecule has 0 spiro atoms. The molecule has 2 rings (SSSR count). The standard InChI is InChI=1S/C15H26N4O.HI/c1-4-7-15(2)8-5-9-19(12-15)14(16-3)17-11-13-6-10-20-18-13;/h6,10H,4-5,7-9,11-12H2,1-3H3,(H,16,17);1H. The summed E-state index contributed by atoms with van der Waals surface area (Å²) in [6.45, 7) is 7.48. The molecule has 0 aliphatic carbocycles. The number of likely N-dealkylation sites (tertiary alicyclic amines) is 1. The molecule has 6 heteroatoms. The van der Waals surface area contributed by atoms with Crippen LogP contribution in [0.15, 0.2) is 21.8 Å². The fourth-order valence-electron chi connectivity index (χ4n) is 3.13. The first-order chi connectivity index (χ1) is 9.67. The van der Waals surface area contributed by atoms with Crippen molar-refractivity contribution < 1.29 is 4.52 Å². The number of hydrogen-bond donors (Lipinski definition) is 1. The quantitative estimate of drug-likeness (QED) is 0.474. The topological polar surface area (TPSA) is 53.7 Å². The van der Waals surface area contributed by atoms with Gasteiger partial charge in [0.2, 0.25) is 0 Å². The van der Waals surface area contributed by atoms with Crippen molar-refractivity contribution in [3.8, 4) is 0 Å². The minimum atomic E-state index is 0. The highest BCUT2D eigenvalue weighted by Crippen LogP contribution is 2.33. The number of guanidine groups is 1. The Morgan fingerprint density at radius 2 is 2.38 bits per heavy atom. The van der Waals surface area contributed by atoms with Crippen LogP contribution in [0.5, 0.6) is 0 Å². The molecule has 2 heterocycles. The normalized spacial score (nSPS) is 22.8. The summed E-state index contributed by atoms with van der Waals surface area (Å²) >= 11 is 0. The third-order valence-electron chi connectivity index (χ3n) is 4.06. The highest BCUT2D eigenvalue weighted by Gasteiger charge is 2.31. The van der Waals surface area contributed by atoms with Gasteiger partial charge in [-0.3, -0.25) is 4.99 Å². The SMILES string of the molecule is CCCC1(C)CCCN(C(=NC)NCc2ccon2)C1.I. The lowest BCUT2D eigenvalue weighted by Crippen LogP contribution is -2.49. The van der Waals surface area contributed by atoms with E-state index in [-0.39, 0.29) is 24.0 Å². The average Bonchev–Trinajstić information content (AvgIpc) is 2.93. The molecular weight excluding hydrogens is 379 g/mol. The third-order valence-corrected chi connectivity index (χ3v) is 4.06. The van der Waals surface area contributed by atoms with Crippen molar-refractivity contribution in [3.05, 3.63) is 18.0 Å². The summed E-state index contributed by atoms with van der Waals surface area (Å²) < 4.78 is 4.85. The first-order valence-electron chi connectivity index (χ1n) is 7.52. The van der Waals surface area contributed by atoms with Crippen molar-refractivity contribution in [1.29, 1.82) is 0 Å². The molecular formula is C15H27IN4O. The number of piperidine rings is 1. The van der Waals surface area contributed by atoms with Gasteiger partial charge in [0.15, 0.2) is 5.96 Å². The van der Waals surface area contributed by atoms with Gasteiger partial charge in [-0.05, 0) is 24.7 Å². The van der Waals surface area contributed by atoms with E-state index >= 15 is 0 Å². The van der Waals surface area contributed by atoms with Crippen molar-refractivity contribution in [2.45, 2.75) is 46.1 Å². The monoisotopic (exact) mass is 406 g/mol. The van der Waals surface area contributed by atoms with Crippen molar-refractivity contribution in [1.82, 2.24) is 15.4 Å². The fraction of sp³-hybridized carbons (Fsp3) is 0.733. The Bertz CT molecular complexity index is 431. The Balaban J connectivity index is 0.00000220. The minimum Gasteiger partial charge on any atom is -0.364 e. The van der Waals surface area contributed by atoms with Crippen LogP contribution in [0.25, 0.3) is 0 Å². The lowest BCUT2D eigenvalue weighted by molar-refractivity contribution is 0.142. The minimum absolute atomic E-state index is 0. The molecule has 1 unspecified atom stereocenters. The van der Waals surface area contributed by atoms with Gasteiger partial charge in [-0.25, -0.2) is 0 Å². The van der Waals surface area contributed by atoms with E-state index in [1.54, 1.807) is 6.26 Å². The van der Waals surface area contributed by atoms with Crippen molar-refractivity contribution >= 4 is 29.9 Å². The number of rotatable bonds is 4. The molecule has 120 valence electrons. The second kappa shape index (κ2) is 8.60. The molecule has 1 saturated heterocycles. The number of halogens is 1. The molecule has 1 aliphatic rings. The lowest BCUT2D eigenvalue weighted by Gasteiger charge is -2.42. The summed E-state index contributed by atoms with van der Waals surface area (Å²) in [5, 5.41) is 7.29. The molecule has 5 nitrogen and oxygen atoms in total. The van der Waals surface area contributed by atoms with E-state index in [0.29, 0.717) is 12.0 Å². The fourth-order valence-corrected chi connectivity index (χ4v) is 3.13. The molecule has 0 aromatic carbocycles. The summed E-state index contributed by atoms with van der Waals surface area (Å²) in [7, 11) is 1.84. The zero-order chi connectivity index (χ0) is 14.4. The maximum Gasteiger partial charge on any atom is 0.193 e. The van der Waals surface area contributed by atoms with Gasteiger partial charge in [0.25, 0.3) is 0 Å². The molecule has 1 atom stereocenters. The van der Waals surface area contributed by atoms with Crippen LogP contribution in [0.1, 0.15) is 45.2 Å². The molecule has 0 saturated carbocycles. The van der Waals surface area contributed by atoms with Gasteiger partial charge >= 0.3 is 0 Å². The zero-order valence-electron chi connectivity index (χ0n) is 13.3. The van der Waals surface area contributed by atoms with E-state index in [2.05, 4.69) is 34.2 Å². The van der Waals surface area contributed by atoms with Gasteiger partial charge in [0.05, 0.1) is 6.54 Å². The van der Waals surface area contributed by atoms with Gasteiger partial charge in [-0.1, -0.05) is 25.4 Å².